The molecule has 2 saturated carbocycles. The van der Waals surface area contributed by atoms with Crippen molar-refractivity contribution in [3.8, 4) is 0 Å². The molecule has 0 radical (unpaired) electrons. The van der Waals surface area contributed by atoms with Crippen LogP contribution in [0.15, 0.2) is 18.2 Å². The molecule has 1 aromatic carbocycles. The minimum Gasteiger partial charge on any atom is -0.207 e. The highest BCUT2D eigenvalue weighted by Gasteiger charge is 2.32. The fourth-order valence-corrected chi connectivity index (χ4v) is 7.95. The lowest BCUT2D eigenvalue weighted by Crippen LogP contribution is -2.26. The minimum absolute atomic E-state index is 0.399. The maximum Gasteiger partial charge on any atom is 0.126 e. The maximum absolute atomic E-state index is 13.7. The van der Waals surface area contributed by atoms with E-state index in [1.54, 1.807) is 12.1 Å². The monoisotopic (exact) mass is 310 g/mol. The van der Waals surface area contributed by atoms with Crippen molar-refractivity contribution in [3.05, 3.63) is 29.8 Å². The van der Waals surface area contributed by atoms with E-state index < -0.39 is 19.6 Å². The molecule has 0 saturated heterocycles. The molecule has 2 fully saturated rings. The molecule has 21 heavy (non-hydrogen) atoms. The summed E-state index contributed by atoms with van der Waals surface area (Å²) in [6.07, 6.45) is 12.9. The molecule has 3 rings (SSSR count). The number of benzene rings is 1. The first kappa shape index (κ1) is 15.4. The summed E-state index contributed by atoms with van der Waals surface area (Å²) >= 11 is 0. The van der Waals surface area contributed by atoms with Crippen LogP contribution in [-0.2, 0) is 0 Å². The normalized spacial score (nSPS) is 21.9. The van der Waals surface area contributed by atoms with Crippen LogP contribution in [0.3, 0.4) is 0 Å². The van der Waals surface area contributed by atoms with Crippen molar-refractivity contribution in [2.45, 2.75) is 75.5 Å². The highest BCUT2D eigenvalue weighted by atomic mass is 31.1. The van der Waals surface area contributed by atoms with Gasteiger partial charge in [-0.2, -0.15) is 0 Å². The topological polar surface area (TPSA) is 0 Å². The predicted octanol–water partition coefficient (Wildman–Crippen LogP) is 5.74. The van der Waals surface area contributed by atoms with Gasteiger partial charge in [-0.05, 0) is 54.4 Å². The molecule has 0 atom stereocenters. The third-order valence-corrected chi connectivity index (χ3v) is 8.54. The van der Waals surface area contributed by atoms with Crippen LogP contribution in [0.4, 0.5) is 8.78 Å². The first-order valence-electron chi connectivity index (χ1n) is 8.48. The van der Waals surface area contributed by atoms with Gasteiger partial charge in [0.15, 0.2) is 0 Å². The standard InChI is InChI=1S/C18H25F2P/c19-14-11-15(20)13-18(12-14)21(16-7-3-1-4-8-16)17-9-5-2-6-10-17/h11-13,16-17H,1-10H2. The molecule has 0 N–H and O–H groups in total. The molecule has 2 aliphatic carbocycles. The van der Waals surface area contributed by atoms with Gasteiger partial charge in [-0.15, -0.1) is 0 Å². The fraction of sp³-hybridized carbons (Fsp3) is 0.667. The zero-order chi connectivity index (χ0) is 14.7. The summed E-state index contributed by atoms with van der Waals surface area (Å²) in [5.41, 5.74) is 1.39. The molecule has 0 bridgehead atoms. The van der Waals surface area contributed by atoms with Crippen molar-refractivity contribution in [2.75, 3.05) is 0 Å². The van der Waals surface area contributed by atoms with E-state index in [1.165, 1.54) is 64.2 Å². The van der Waals surface area contributed by atoms with Crippen LogP contribution >= 0.6 is 7.92 Å². The van der Waals surface area contributed by atoms with Crippen molar-refractivity contribution in [3.63, 3.8) is 0 Å². The van der Waals surface area contributed by atoms with Crippen LogP contribution in [0.2, 0.25) is 0 Å². The summed E-state index contributed by atoms with van der Waals surface area (Å²) in [7, 11) is -0.405. The van der Waals surface area contributed by atoms with Crippen LogP contribution < -0.4 is 5.30 Å². The highest BCUT2D eigenvalue weighted by Crippen LogP contribution is 2.54. The average molecular weight is 310 g/mol. The molecule has 0 unspecified atom stereocenters. The Kier molecular flexibility index (Phi) is 5.27. The molecule has 116 valence electrons. The van der Waals surface area contributed by atoms with Gasteiger partial charge in [0.05, 0.1) is 0 Å². The molecule has 0 nitrogen and oxygen atoms in total. The lowest BCUT2D eigenvalue weighted by molar-refractivity contribution is 0.486. The Bertz CT molecular complexity index is 424. The fourth-order valence-electron chi connectivity index (χ4n) is 4.13. The van der Waals surface area contributed by atoms with Crippen molar-refractivity contribution in [1.82, 2.24) is 0 Å². The van der Waals surface area contributed by atoms with Crippen LogP contribution in [-0.4, -0.2) is 11.3 Å². The van der Waals surface area contributed by atoms with Gasteiger partial charge >= 0.3 is 0 Å². The number of hydrogen-bond donors (Lipinski definition) is 0. The van der Waals surface area contributed by atoms with Gasteiger partial charge in [0, 0.05) is 6.07 Å². The Labute approximate surface area is 128 Å². The van der Waals surface area contributed by atoms with Gasteiger partial charge in [-0.25, -0.2) is 8.78 Å². The van der Waals surface area contributed by atoms with Gasteiger partial charge in [0.2, 0.25) is 0 Å². The third-order valence-electron chi connectivity index (χ3n) is 5.08. The highest BCUT2D eigenvalue weighted by molar-refractivity contribution is 7.67. The van der Waals surface area contributed by atoms with Gasteiger partial charge in [0.25, 0.3) is 0 Å². The largest absolute Gasteiger partial charge is 0.207 e. The van der Waals surface area contributed by atoms with Gasteiger partial charge in [-0.3, -0.25) is 0 Å². The summed E-state index contributed by atoms with van der Waals surface area (Å²) in [6.45, 7) is 0. The second-order valence-corrected chi connectivity index (χ2v) is 9.41. The van der Waals surface area contributed by atoms with E-state index in [0.29, 0.717) is 11.3 Å². The summed E-state index contributed by atoms with van der Waals surface area (Å²) in [6, 6.07) is 4.26. The van der Waals surface area contributed by atoms with E-state index in [9.17, 15) is 8.78 Å². The van der Waals surface area contributed by atoms with Crippen LogP contribution in [0.5, 0.6) is 0 Å². The van der Waals surface area contributed by atoms with Crippen LogP contribution in [0.1, 0.15) is 64.2 Å². The lowest BCUT2D eigenvalue weighted by atomic mass is 9.99. The summed E-state index contributed by atoms with van der Waals surface area (Å²) in [5, 5.41) is 0.987. The average Bonchev–Trinajstić information content (AvgIpc) is 2.49. The van der Waals surface area contributed by atoms with Gasteiger partial charge in [-0.1, -0.05) is 46.4 Å². The zero-order valence-corrected chi connectivity index (χ0v) is 13.6. The Morgan fingerprint density at radius 2 is 1.10 bits per heavy atom. The number of hydrogen-bond acceptors (Lipinski definition) is 0. The summed E-state index contributed by atoms with van der Waals surface area (Å²) in [4.78, 5) is 0. The maximum atomic E-state index is 13.7. The van der Waals surface area contributed by atoms with Gasteiger partial charge < -0.3 is 0 Å². The Morgan fingerprint density at radius 1 is 0.667 bits per heavy atom. The molecule has 0 amide bonds. The van der Waals surface area contributed by atoms with E-state index in [-0.39, 0.29) is 0 Å². The van der Waals surface area contributed by atoms with Crippen molar-refractivity contribution >= 4 is 13.2 Å². The molecular formula is C18H25F2P. The molecule has 0 aromatic heterocycles. The van der Waals surface area contributed by atoms with E-state index in [2.05, 4.69) is 0 Å². The quantitative estimate of drug-likeness (QED) is 0.625. The Hall–Kier alpha value is -0.490. The first-order chi connectivity index (χ1) is 10.2. The molecule has 1 aromatic rings. The molecule has 0 spiro atoms. The second-order valence-electron chi connectivity index (χ2n) is 6.62. The van der Waals surface area contributed by atoms with Crippen molar-refractivity contribution < 1.29 is 8.78 Å². The molecule has 0 aliphatic heterocycles. The predicted molar refractivity (Wildman–Crippen MR) is 86.7 cm³/mol. The minimum atomic E-state index is -0.405. The molecule has 2 aliphatic rings. The molecular weight excluding hydrogens is 285 g/mol. The van der Waals surface area contributed by atoms with Crippen LogP contribution in [0.25, 0.3) is 0 Å². The zero-order valence-electron chi connectivity index (χ0n) is 12.7. The second kappa shape index (κ2) is 7.18. The van der Waals surface area contributed by atoms with E-state index in [0.717, 1.165) is 11.4 Å². The molecule has 3 heteroatoms. The van der Waals surface area contributed by atoms with Crippen molar-refractivity contribution in [1.29, 1.82) is 0 Å². The first-order valence-corrected chi connectivity index (χ1v) is 9.96. The summed E-state index contributed by atoms with van der Waals surface area (Å²) in [5.74, 6) is -0.798. The Morgan fingerprint density at radius 3 is 1.52 bits per heavy atom. The third kappa shape index (κ3) is 3.83. The number of rotatable bonds is 3. The van der Waals surface area contributed by atoms with E-state index >= 15 is 0 Å². The molecule has 0 heterocycles. The number of halogens is 2. The summed E-state index contributed by atoms with van der Waals surface area (Å²) < 4.78 is 27.4. The smallest absolute Gasteiger partial charge is 0.126 e. The van der Waals surface area contributed by atoms with E-state index in [4.69, 9.17) is 0 Å². The Balaban J connectivity index is 1.89. The van der Waals surface area contributed by atoms with E-state index in [1.807, 2.05) is 0 Å². The lowest BCUT2D eigenvalue weighted by Gasteiger charge is -2.38. The van der Waals surface area contributed by atoms with Crippen molar-refractivity contribution in [2.24, 2.45) is 0 Å². The van der Waals surface area contributed by atoms with Crippen LogP contribution in [0, 0.1) is 11.6 Å². The van der Waals surface area contributed by atoms with Gasteiger partial charge in [0.1, 0.15) is 11.6 Å². The SMILES string of the molecule is Fc1cc(F)cc(P(C2CCCCC2)C2CCCCC2)c1.